The number of rotatable bonds is 10. The zero-order valence-electron chi connectivity index (χ0n) is 17.2. The summed E-state index contributed by atoms with van der Waals surface area (Å²) in [5.74, 6) is 0.427. The minimum atomic E-state index is -0.395. The van der Waals surface area contributed by atoms with Gasteiger partial charge in [0.1, 0.15) is 5.75 Å². The molecule has 0 saturated heterocycles. The van der Waals surface area contributed by atoms with Gasteiger partial charge in [0.15, 0.2) is 5.69 Å². The zero-order chi connectivity index (χ0) is 22.1. The molecule has 1 aromatic heterocycles. The largest absolute Gasteiger partial charge is 0.494 e. The summed E-state index contributed by atoms with van der Waals surface area (Å²) < 4.78 is 7.31. The number of hydrazone groups is 1. The average Bonchev–Trinajstić information content (AvgIpc) is 3.23. The highest BCUT2D eigenvalue weighted by Crippen LogP contribution is 2.21. The smallest absolute Gasteiger partial charge is 0.291 e. The van der Waals surface area contributed by atoms with Gasteiger partial charge in [0.05, 0.1) is 19.4 Å². The Morgan fingerprint density at radius 2 is 1.97 bits per heavy atom. The number of carbonyl (C=O) groups is 1. The van der Waals surface area contributed by atoms with E-state index in [2.05, 4.69) is 22.5 Å². The van der Waals surface area contributed by atoms with Gasteiger partial charge in [0, 0.05) is 16.2 Å². The van der Waals surface area contributed by atoms with Crippen LogP contribution in [-0.2, 0) is 6.54 Å². The van der Waals surface area contributed by atoms with E-state index in [4.69, 9.17) is 27.9 Å². The number of amides is 1. The molecule has 1 N–H and O–H groups in total. The minimum absolute atomic E-state index is 0.262. The number of ether oxygens (including phenoxy) is 1. The molecule has 0 spiro atoms. The van der Waals surface area contributed by atoms with Crippen LogP contribution in [0.2, 0.25) is 10.0 Å². The predicted octanol–water partition coefficient (Wildman–Crippen LogP) is 5.57. The molecule has 2 aromatic carbocycles. The third kappa shape index (κ3) is 7.12. The molecule has 3 aromatic rings. The molecule has 0 radical (unpaired) electrons. The van der Waals surface area contributed by atoms with Crippen molar-refractivity contribution in [2.75, 3.05) is 6.61 Å². The van der Waals surface area contributed by atoms with E-state index < -0.39 is 5.91 Å². The van der Waals surface area contributed by atoms with Crippen molar-refractivity contribution in [3.8, 4) is 5.75 Å². The first-order valence-corrected chi connectivity index (χ1v) is 10.8. The molecular weight excluding hydrogens is 435 g/mol. The first kappa shape index (κ1) is 22.8. The van der Waals surface area contributed by atoms with Gasteiger partial charge in [0.2, 0.25) is 0 Å². The standard InChI is InChI=1S/C23H24Cl2N4O2/c1-2-3-4-13-31-20-9-5-17(6-10-20)15-26-27-23(30)22-11-12-29(28-22)16-18-7-8-19(24)14-21(18)25/h5-12,14-15H,2-4,13,16H2,1H3,(H,27,30)/b26-15+. The lowest BCUT2D eigenvalue weighted by Crippen LogP contribution is -2.18. The van der Waals surface area contributed by atoms with Crippen LogP contribution in [0.4, 0.5) is 0 Å². The summed E-state index contributed by atoms with van der Waals surface area (Å²) in [6.45, 7) is 3.31. The maximum atomic E-state index is 12.3. The van der Waals surface area contributed by atoms with Gasteiger partial charge in [0.25, 0.3) is 5.91 Å². The number of hydrogen-bond acceptors (Lipinski definition) is 4. The van der Waals surface area contributed by atoms with Crippen LogP contribution in [-0.4, -0.2) is 28.5 Å². The fourth-order valence-electron chi connectivity index (χ4n) is 2.81. The van der Waals surface area contributed by atoms with Crippen molar-refractivity contribution >= 4 is 35.3 Å². The van der Waals surface area contributed by atoms with Crippen molar-refractivity contribution in [2.45, 2.75) is 32.7 Å². The van der Waals surface area contributed by atoms with Gasteiger partial charge in [-0.05, 0) is 60.0 Å². The van der Waals surface area contributed by atoms with Gasteiger partial charge in [-0.15, -0.1) is 0 Å². The van der Waals surface area contributed by atoms with E-state index in [1.54, 1.807) is 35.3 Å². The van der Waals surface area contributed by atoms with Gasteiger partial charge >= 0.3 is 0 Å². The van der Waals surface area contributed by atoms with Crippen LogP contribution >= 0.6 is 23.2 Å². The second kappa shape index (κ2) is 11.5. The first-order valence-electron chi connectivity index (χ1n) is 10.1. The van der Waals surface area contributed by atoms with Crippen molar-refractivity contribution in [1.29, 1.82) is 0 Å². The molecule has 8 heteroatoms. The van der Waals surface area contributed by atoms with Crippen LogP contribution in [0, 0.1) is 0 Å². The summed E-state index contributed by atoms with van der Waals surface area (Å²) in [5, 5.41) is 9.39. The second-order valence-electron chi connectivity index (χ2n) is 6.96. The molecular formula is C23H24Cl2N4O2. The van der Waals surface area contributed by atoms with Crippen molar-refractivity contribution < 1.29 is 9.53 Å². The Balaban J connectivity index is 1.50. The number of nitrogens with zero attached hydrogens (tertiary/aromatic N) is 3. The second-order valence-corrected chi connectivity index (χ2v) is 7.80. The molecule has 1 amide bonds. The van der Waals surface area contributed by atoms with E-state index in [-0.39, 0.29) is 5.69 Å². The Kier molecular flexibility index (Phi) is 8.50. The van der Waals surface area contributed by atoms with E-state index in [0.29, 0.717) is 23.2 Å². The summed E-state index contributed by atoms with van der Waals surface area (Å²) in [6, 6.07) is 14.4. The number of hydrogen-bond donors (Lipinski definition) is 1. The first-order chi connectivity index (χ1) is 15.0. The number of halogens is 2. The Morgan fingerprint density at radius 1 is 1.16 bits per heavy atom. The van der Waals surface area contributed by atoms with Crippen LogP contribution in [0.5, 0.6) is 5.75 Å². The van der Waals surface area contributed by atoms with E-state index in [0.717, 1.165) is 29.7 Å². The molecule has 0 unspecified atom stereocenters. The quantitative estimate of drug-likeness (QED) is 0.245. The highest BCUT2D eigenvalue weighted by Gasteiger charge is 2.10. The lowest BCUT2D eigenvalue weighted by atomic mass is 10.2. The number of benzene rings is 2. The maximum Gasteiger partial charge on any atom is 0.291 e. The maximum absolute atomic E-state index is 12.3. The summed E-state index contributed by atoms with van der Waals surface area (Å²) >= 11 is 12.1. The van der Waals surface area contributed by atoms with Gasteiger partial charge < -0.3 is 4.74 Å². The van der Waals surface area contributed by atoms with Crippen molar-refractivity contribution in [3.05, 3.63) is 81.6 Å². The molecule has 0 aliphatic carbocycles. The normalized spacial score (nSPS) is 11.1. The van der Waals surface area contributed by atoms with Crippen LogP contribution < -0.4 is 10.2 Å². The highest BCUT2D eigenvalue weighted by atomic mass is 35.5. The van der Waals surface area contributed by atoms with E-state index in [9.17, 15) is 4.79 Å². The van der Waals surface area contributed by atoms with Gasteiger partial charge in [-0.25, -0.2) is 5.43 Å². The zero-order valence-corrected chi connectivity index (χ0v) is 18.7. The van der Waals surface area contributed by atoms with Crippen molar-refractivity contribution in [3.63, 3.8) is 0 Å². The third-order valence-electron chi connectivity index (χ3n) is 4.50. The summed E-state index contributed by atoms with van der Waals surface area (Å²) in [7, 11) is 0. The summed E-state index contributed by atoms with van der Waals surface area (Å²) in [4.78, 5) is 12.3. The molecule has 162 valence electrons. The third-order valence-corrected chi connectivity index (χ3v) is 5.08. The van der Waals surface area contributed by atoms with E-state index >= 15 is 0 Å². The van der Waals surface area contributed by atoms with Crippen LogP contribution in [0.25, 0.3) is 0 Å². The predicted molar refractivity (Wildman–Crippen MR) is 124 cm³/mol. The van der Waals surface area contributed by atoms with Crippen LogP contribution in [0.3, 0.4) is 0 Å². The molecule has 0 bridgehead atoms. The Hall–Kier alpha value is -2.83. The topological polar surface area (TPSA) is 68.5 Å². The van der Waals surface area contributed by atoms with Crippen molar-refractivity contribution in [1.82, 2.24) is 15.2 Å². The minimum Gasteiger partial charge on any atom is -0.494 e. The Morgan fingerprint density at radius 3 is 2.71 bits per heavy atom. The number of carbonyl (C=O) groups excluding carboxylic acids is 1. The van der Waals surface area contributed by atoms with Gasteiger partial charge in [-0.3, -0.25) is 9.48 Å². The lowest BCUT2D eigenvalue weighted by Gasteiger charge is -2.05. The van der Waals surface area contributed by atoms with E-state index in [1.165, 1.54) is 6.42 Å². The molecule has 0 aliphatic heterocycles. The molecule has 6 nitrogen and oxygen atoms in total. The van der Waals surface area contributed by atoms with Crippen LogP contribution in [0.1, 0.15) is 47.8 Å². The van der Waals surface area contributed by atoms with Gasteiger partial charge in [-0.2, -0.15) is 10.2 Å². The lowest BCUT2D eigenvalue weighted by molar-refractivity contribution is 0.0949. The molecule has 0 saturated carbocycles. The van der Waals surface area contributed by atoms with Crippen molar-refractivity contribution in [2.24, 2.45) is 5.10 Å². The fraction of sp³-hybridized carbons (Fsp3) is 0.261. The number of aromatic nitrogens is 2. The van der Waals surface area contributed by atoms with Crippen LogP contribution in [0.15, 0.2) is 59.8 Å². The average molecular weight is 459 g/mol. The Bertz CT molecular complexity index is 1030. The highest BCUT2D eigenvalue weighted by molar-refractivity contribution is 6.35. The summed E-state index contributed by atoms with van der Waals surface area (Å²) in [6.07, 6.45) is 6.67. The molecule has 0 aliphatic rings. The fourth-order valence-corrected chi connectivity index (χ4v) is 3.28. The monoisotopic (exact) mass is 458 g/mol. The Labute approximate surface area is 191 Å². The summed E-state index contributed by atoms with van der Waals surface area (Å²) in [5.41, 5.74) is 4.46. The number of unbranched alkanes of at least 4 members (excludes halogenated alkanes) is 2. The number of nitrogens with one attached hydrogen (secondary N) is 1. The molecule has 0 fully saturated rings. The SMILES string of the molecule is CCCCCOc1ccc(/C=N/NC(=O)c2ccn(Cc3ccc(Cl)cc3Cl)n2)cc1. The van der Waals surface area contributed by atoms with E-state index in [1.807, 2.05) is 30.3 Å². The molecule has 1 heterocycles. The molecule has 31 heavy (non-hydrogen) atoms. The molecule has 0 atom stereocenters. The molecule has 3 rings (SSSR count). The van der Waals surface area contributed by atoms with Gasteiger partial charge in [-0.1, -0.05) is 49.0 Å².